The third kappa shape index (κ3) is 5.27. The largest absolute Gasteiger partial charge is 0.314 e. The normalized spacial score (nSPS) is 14.4. The van der Waals surface area contributed by atoms with Gasteiger partial charge in [-0.1, -0.05) is 33.3 Å². The molecule has 0 aliphatic heterocycles. The van der Waals surface area contributed by atoms with E-state index in [1.165, 1.54) is 18.2 Å². The topological polar surface area (TPSA) is 12.0 Å². The van der Waals surface area contributed by atoms with Crippen molar-refractivity contribution in [1.82, 2.24) is 5.32 Å². The maximum absolute atomic E-state index is 13.7. The molecular formula is C16H25F2N. The Balaban J connectivity index is 2.75. The monoisotopic (exact) mass is 269 g/mol. The van der Waals surface area contributed by atoms with Gasteiger partial charge in [0.1, 0.15) is 11.6 Å². The van der Waals surface area contributed by atoms with Crippen LogP contribution in [0.1, 0.15) is 45.6 Å². The van der Waals surface area contributed by atoms with Gasteiger partial charge in [-0.25, -0.2) is 8.78 Å². The van der Waals surface area contributed by atoms with Crippen molar-refractivity contribution < 1.29 is 8.78 Å². The Bertz CT molecular complexity index is 359. The number of benzene rings is 1. The number of rotatable bonds is 8. The third-order valence-electron chi connectivity index (χ3n) is 3.58. The summed E-state index contributed by atoms with van der Waals surface area (Å²) >= 11 is 0. The standard InChI is InChI=1S/C16H25F2N/c1-4-9-19-13(10-12(3)5-2)11-14-15(17)7-6-8-16(14)18/h6-8,12-13,19H,4-5,9-11H2,1-3H3. The average molecular weight is 269 g/mol. The SMILES string of the molecule is CCCNC(Cc1c(F)cccc1F)CC(C)CC. The molecule has 1 rings (SSSR count). The van der Waals surface area contributed by atoms with Gasteiger partial charge in [-0.3, -0.25) is 0 Å². The smallest absolute Gasteiger partial charge is 0.129 e. The quantitative estimate of drug-likeness (QED) is 0.741. The Hall–Kier alpha value is -0.960. The lowest BCUT2D eigenvalue weighted by molar-refractivity contribution is 0.383. The highest BCUT2D eigenvalue weighted by Gasteiger charge is 2.17. The van der Waals surface area contributed by atoms with Crippen molar-refractivity contribution in [2.45, 2.75) is 52.5 Å². The van der Waals surface area contributed by atoms with Crippen LogP contribution in [-0.2, 0) is 6.42 Å². The van der Waals surface area contributed by atoms with Crippen LogP contribution in [0.25, 0.3) is 0 Å². The van der Waals surface area contributed by atoms with Gasteiger partial charge >= 0.3 is 0 Å². The van der Waals surface area contributed by atoms with Crippen LogP contribution in [-0.4, -0.2) is 12.6 Å². The summed E-state index contributed by atoms with van der Waals surface area (Å²) in [5, 5.41) is 3.40. The third-order valence-corrected chi connectivity index (χ3v) is 3.58. The van der Waals surface area contributed by atoms with E-state index < -0.39 is 11.6 Å². The van der Waals surface area contributed by atoms with E-state index in [0.29, 0.717) is 12.3 Å². The van der Waals surface area contributed by atoms with Crippen molar-refractivity contribution in [3.8, 4) is 0 Å². The van der Waals surface area contributed by atoms with E-state index in [9.17, 15) is 8.78 Å². The molecule has 0 amide bonds. The molecule has 2 unspecified atom stereocenters. The second-order valence-electron chi connectivity index (χ2n) is 5.30. The lowest BCUT2D eigenvalue weighted by Gasteiger charge is -2.22. The highest BCUT2D eigenvalue weighted by molar-refractivity contribution is 5.20. The maximum atomic E-state index is 13.7. The zero-order valence-electron chi connectivity index (χ0n) is 12.2. The van der Waals surface area contributed by atoms with Crippen LogP contribution in [0.4, 0.5) is 8.78 Å². The number of hydrogen-bond acceptors (Lipinski definition) is 1. The van der Waals surface area contributed by atoms with Crippen molar-refractivity contribution in [3.63, 3.8) is 0 Å². The molecule has 0 saturated heterocycles. The van der Waals surface area contributed by atoms with Gasteiger partial charge in [0, 0.05) is 11.6 Å². The maximum Gasteiger partial charge on any atom is 0.129 e. The predicted octanol–water partition coefficient (Wildman–Crippen LogP) is 4.31. The lowest BCUT2D eigenvalue weighted by atomic mass is 9.94. The molecule has 0 saturated carbocycles. The summed E-state index contributed by atoms with van der Waals surface area (Å²) in [6, 6.07) is 4.22. The summed E-state index contributed by atoms with van der Waals surface area (Å²) in [5.74, 6) is -0.316. The van der Waals surface area contributed by atoms with Gasteiger partial charge in [-0.05, 0) is 43.9 Å². The minimum atomic E-state index is -0.438. The first-order valence-corrected chi connectivity index (χ1v) is 7.24. The van der Waals surface area contributed by atoms with Gasteiger partial charge in [-0.15, -0.1) is 0 Å². The molecule has 3 heteroatoms. The molecule has 19 heavy (non-hydrogen) atoms. The molecule has 0 aliphatic rings. The molecular weight excluding hydrogens is 244 g/mol. The summed E-state index contributed by atoms with van der Waals surface area (Å²) in [5.41, 5.74) is 0.208. The molecule has 2 atom stereocenters. The van der Waals surface area contributed by atoms with E-state index in [-0.39, 0.29) is 11.6 Å². The van der Waals surface area contributed by atoms with Gasteiger partial charge in [0.05, 0.1) is 0 Å². The molecule has 1 aromatic rings. The predicted molar refractivity (Wildman–Crippen MR) is 76.2 cm³/mol. The van der Waals surface area contributed by atoms with Crippen LogP contribution in [0.5, 0.6) is 0 Å². The van der Waals surface area contributed by atoms with Crippen molar-refractivity contribution in [3.05, 3.63) is 35.4 Å². The van der Waals surface area contributed by atoms with Crippen molar-refractivity contribution in [2.75, 3.05) is 6.54 Å². The zero-order valence-corrected chi connectivity index (χ0v) is 12.2. The Labute approximate surface area is 115 Å². The molecule has 0 bridgehead atoms. The summed E-state index contributed by atoms with van der Waals surface area (Å²) < 4.78 is 27.4. The van der Waals surface area contributed by atoms with Crippen LogP contribution in [0, 0.1) is 17.6 Å². The highest BCUT2D eigenvalue weighted by Crippen LogP contribution is 2.18. The van der Waals surface area contributed by atoms with Crippen LogP contribution in [0.15, 0.2) is 18.2 Å². The van der Waals surface area contributed by atoms with Gasteiger partial charge in [0.25, 0.3) is 0 Å². The lowest BCUT2D eigenvalue weighted by Crippen LogP contribution is -2.34. The Morgan fingerprint density at radius 3 is 2.32 bits per heavy atom. The summed E-state index contributed by atoms with van der Waals surface area (Å²) in [7, 11) is 0. The molecule has 0 radical (unpaired) electrons. The van der Waals surface area contributed by atoms with Crippen molar-refractivity contribution in [1.29, 1.82) is 0 Å². The number of nitrogens with one attached hydrogen (secondary N) is 1. The van der Waals surface area contributed by atoms with Crippen LogP contribution in [0.3, 0.4) is 0 Å². The Morgan fingerprint density at radius 1 is 1.16 bits per heavy atom. The highest BCUT2D eigenvalue weighted by atomic mass is 19.1. The van der Waals surface area contributed by atoms with E-state index in [2.05, 4.69) is 26.1 Å². The fourth-order valence-electron chi connectivity index (χ4n) is 2.21. The Morgan fingerprint density at radius 2 is 1.79 bits per heavy atom. The van der Waals surface area contributed by atoms with Gasteiger partial charge < -0.3 is 5.32 Å². The second kappa shape index (κ2) is 8.26. The first-order valence-electron chi connectivity index (χ1n) is 7.24. The van der Waals surface area contributed by atoms with Gasteiger partial charge in [-0.2, -0.15) is 0 Å². The molecule has 1 aromatic carbocycles. The number of halogens is 2. The minimum Gasteiger partial charge on any atom is -0.314 e. The van der Waals surface area contributed by atoms with Crippen molar-refractivity contribution in [2.24, 2.45) is 5.92 Å². The summed E-state index contributed by atoms with van der Waals surface area (Å²) in [4.78, 5) is 0. The second-order valence-corrected chi connectivity index (χ2v) is 5.30. The molecule has 0 aliphatic carbocycles. The van der Waals surface area contributed by atoms with Crippen LogP contribution >= 0.6 is 0 Å². The van der Waals surface area contributed by atoms with E-state index in [1.54, 1.807) is 0 Å². The molecule has 0 spiro atoms. The summed E-state index contributed by atoms with van der Waals surface area (Å²) in [6.07, 6.45) is 3.48. The first-order chi connectivity index (χ1) is 9.08. The minimum absolute atomic E-state index is 0.140. The summed E-state index contributed by atoms with van der Waals surface area (Å²) in [6.45, 7) is 7.30. The fourth-order valence-corrected chi connectivity index (χ4v) is 2.21. The van der Waals surface area contributed by atoms with Gasteiger partial charge in [0.2, 0.25) is 0 Å². The van der Waals surface area contributed by atoms with E-state index in [4.69, 9.17) is 0 Å². The first kappa shape index (κ1) is 16.1. The van der Waals surface area contributed by atoms with Crippen molar-refractivity contribution >= 4 is 0 Å². The van der Waals surface area contributed by atoms with E-state index in [0.717, 1.165) is 25.8 Å². The zero-order chi connectivity index (χ0) is 14.3. The molecule has 108 valence electrons. The fraction of sp³-hybridized carbons (Fsp3) is 0.625. The van der Waals surface area contributed by atoms with E-state index >= 15 is 0 Å². The van der Waals surface area contributed by atoms with Crippen LogP contribution in [0.2, 0.25) is 0 Å². The molecule has 0 aromatic heterocycles. The molecule has 1 N–H and O–H groups in total. The number of hydrogen-bond donors (Lipinski definition) is 1. The molecule has 0 fully saturated rings. The average Bonchev–Trinajstić information content (AvgIpc) is 2.39. The molecule has 1 nitrogen and oxygen atoms in total. The molecule has 0 heterocycles. The van der Waals surface area contributed by atoms with Gasteiger partial charge in [0.15, 0.2) is 0 Å². The Kier molecular flexibility index (Phi) is 7.00. The van der Waals surface area contributed by atoms with Crippen LogP contribution < -0.4 is 5.32 Å². The van der Waals surface area contributed by atoms with E-state index in [1.807, 2.05) is 0 Å².